The molecule has 0 fully saturated rings. The Balaban J connectivity index is 0. The van der Waals surface area contributed by atoms with Crippen LogP contribution >= 0.6 is 0 Å². The van der Waals surface area contributed by atoms with Gasteiger partial charge in [0.25, 0.3) is 10.8 Å². The minimum absolute atomic E-state index is 2.60. The molecule has 0 aromatic rings. The summed E-state index contributed by atoms with van der Waals surface area (Å²) in [6.45, 7) is 0. The maximum atomic E-state index is 10.6. The molecule has 0 aliphatic rings. The van der Waals surface area contributed by atoms with Gasteiger partial charge in [-0.05, 0) is 0 Å². The number of hydrogen-bond donors (Lipinski definition) is 2. The summed E-state index contributed by atoms with van der Waals surface area (Å²) in [5, 5.41) is 7.12. The summed E-state index contributed by atoms with van der Waals surface area (Å²) < 4.78 is 55.7. The minimum atomic E-state index is -5.08. The fourth-order valence-electron chi connectivity index (χ4n) is 0. The van der Waals surface area contributed by atoms with Gasteiger partial charge in [0.05, 0.1) is 0 Å². The molecule has 0 unspecified atom stereocenters. The SMILES string of the molecule is O=C(O)C(F)(F)F.[O-][Cl+2]([O-])O. The summed E-state index contributed by atoms with van der Waals surface area (Å²) in [4.78, 5) is 8.90. The number of halogens is 4. The minimum Gasteiger partial charge on any atom is -0.475 e. The molecule has 11 heavy (non-hydrogen) atoms. The number of aliphatic carboxylic acids is 1. The van der Waals surface area contributed by atoms with Gasteiger partial charge in [-0.25, -0.2) is 4.79 Å². The second kappa shape index (κ2) is 5.13. The fourth-order valence-corrected chi connectivity index (χ4v) is 0. The van der Waals surface area contributed by atoms with Gasteiger partial charge in [-0.1, -0.05) is 0 Å². The Morgan fingerprint density at radius 3 is 1.45 bits per heavy atom. The van der Waals surface area contributed by atoms with E-state index in [9.17, 15) is 13.2 Å². The topological polar surface area (TPSA) is 104 Å². The number of hydrogen-bond acceptors (Lipinski definition) is 4. The maximum absolute atomic E-state index is 10.6. The Morgan fingerprint density at radius 1 is 1.36 bits per heavy atom. The first kappa shape index (κ1) is 13.1. The summed E-state index contributed by atoms with van der Waals surface area (Å²) in [6, 6.07) is 0. The molecule has 5 nitrogen and oxygen atoms in total. The molecule has 0 atom stereocenters. The highest BCUT2D eigenvalue weighted by atomic mass is 35.6. The monoisotopic (exact) mass is 198 g/mol. The highest BCUT2D eigenvalue weighted by Gasteiger charge is 2.38. The quantitative estimate of drug-likeness (QED) is 0.455. The van der Waals surface area contributed by atoms with Crippen LogP contribution < -0.4 is 9.32 Å². The molecule has 0 saturated carbocycles. The summed E-state index contributed by atoms with van der Waals surface area (Å²) in [5.41, 5.74) is 0. The average molecular weight is 198 g/mol. The summed E-state index contributed by atoms with van der Waals surface area (Å²) >= 11 is 0. The van der Waals surface area contributed by atoms with E-state index in [2.05, 4.69) is 0 Å². The number of carboxylic acids is 1. The van der Waals surface area contributed by atoms with Gasteiger partial charge >= 0.3 is 12.1 Å². The van der Waals surface area contributed by atoms with Crippen molar-refractivity contribution in [3.63, 3.8) is 0 Å². The van der Waals surface area contributed by atoms with Crippen LogP contribution in [-0.2, 0) is 4.79 Å². The largest absolute Gasteiger partial charge is 0.490 e. The Kier molecular flexibility index (Phi) is 6.09. The van der Waals surface area contributed by atoms with Crippen molar-refractivity contribution in [1.29, 1.82) is 0 Å². The molecule has 0 amide bonds. The molecular formula is C2H2ClF3O5. The van der Waals surface area contributed by atoms with E-state index in [1.165, 1.54) is 0 Å². The summed E-state index contributed by atoms with van der Waals surface area (Å²) in [6.07, 6.45) is -5.08. The maximum Gasteiger partial charge on any atom is 0.490 e. The van der Waals surface area contributed by atoms with Crippen LogP contribution in [0.4, 0.5) is 13.2 Å². The molecular weight excluding hydrogens is 196 g/mol. The van der Waals surface area contributed by atoms with Crippen molar-refractivity contribution in [3.8, 4) is 0 Å². The van der Waals surface area contributed by atoms with E-state index >= 15 is 0 Å². The van der Waals surface area contributed by atoms with E-state index in [0.717, 1.165) is 0 Å². The van der Waals surface area contributed by atoms with E-state index in [0.29, 0.717) is 0 Å². The van der Waals surface area contributed by atoms with Crippen LogP contribution in [0.5, 0.6) is 0 Å². The van der Waals surface area contributed by atoms with Crippen molar-refractivity contribution >= 4 is 5.97 Å². The number of alkyl halides is 3. The smallest absolute Gasteiger partial charge is 0.475 e. The van der Waals surface area contributed by atoms with Crippen molar-refractivity contribution in [2.24, 2.45) is 0 Å². The van der Waals surface area contributed by atoms with Crippen LogP contribution in [0.1, 0.15) is 0 Å². The van der Waals surface area contributed by atoms with Crippen LogP contribution in [0.15, 0.2) is 0 Å². The molecule has 0 bridgehead atoms. The lowest BCUT2D eigenvalue weighted by Crippen LogP contribution is -2.30. The van der Waals surface area contributed by atoms with Crippen LogP contribution in [0.25, 0.3) is 0 Å². The van der Waals surface area contributed by atoms with E-state index in [1.54, 1.807) is 0 Å². The van der Waals surface area contributed by atoms with Crippen molar-refractivity contribution in [2.45, 2.75) is 6.18 Å². The molecule has 0 spiro atoms. The van der Waals surface area contributed by atoms with Crippen molar-refractivity contribution in [1.82, 2.24) is 0 Å². The zero-order valence-electron chi connectivity index (χ0n) is 4.63. The molecule has 9 heteroatoms. The van der Waals surface area contributed by atoms with Crippen LogP contribution in [0.2, 0.25) is 0 Å². The summed E-state index contributed by atoms with van der Waals surface area (Å²) in [7, 11) is -2.60. The zero-order chi connectivity index (χ0) is 9.65. The molecule has 0 radical (unpaired) electrons. The van der Waals surface area contributed by atoms with Gasteiger partial charge in [0, 0.05) is 4.66 Å². The standard InChI is InChI=1S/C2HF3O2.ClHO3/c3-2(4,5)1(6)7;2-1(3)4/h(H,6,7);2H. The van der Waals surface area contributed by atoms with E-state index in [1.807, 2.05) is 0 Å². The van der Waals surface area contributed by atoms with E-state index in [-0.39, 0.29) is 0 Å². The third-order valence-corrected chi connectivity index (χ3v) is 0.243. The lowest BCUT2D eigenvalue weighted by molar-refractivity contribution is -1.63. The first-order valence-corrected chi connectivity index (χ1v) is 2.68. The lowest BCUT2D eigenvalue weighted by atomic mass is 10.7. The molecule has 0 rings (SSSR count). The lowest BCUT2D eigenvalue weighted by Gasteiger charge is -1.93. The van der Waals surface area contributed by atoms with Gasteiger partial charge in [-0.3, -0.25) is 0 Å². The predicted octanol–water partition coefficient (Wildman–Crippen LogP) is -2.30. The average Bonchev–Trinajstić information content (AvgIpc) is 1.59. The van der Waals surface area contributed by atoms with Crippen LogP contribution in [0, 0.1) is 10.8 Å². The predicted molar refractivity (Wildman–Crippen MR) is 15.9 cm³/mol. The zero-order valence-corrected chi connectivity index (χ0v) is 5.39. The molecule has 2 N–H and O–H groups in total. The van der Waals surface area contributed by atoms with Crippen LogP contribution in [-0.4, -0.2) is 21.9 Å². The summed E-state index contributed by atoms with van der Waals surface area (Å²) in [5.74, 6) is -2.76. The van der Waals surface area contributed by atoms with E-state index in [4.69, 9.17) is 23.9 Å². The highest BCUT2D eigenvalue weighted by Crippen LogP contribution is 2.13. The molecule has 0 saturated heterocycles. The number of rotatable bonds is 0. The molecule has 0 aromatic heterocycles. The van der Waals surface area contributed by atoms with Crippen LogP contribution in [0.3, 0.4) is 0 Å². The number of carboxylic acid groups (broad SMARTS) is 1. The van der Waals surface area contributed by atoms with Gasteiger partial charge in [0.15, 0.2) is 0 Å². The normalized spacial score (nSPS) is 10.5. The number of carbonyl (C=O) groups is 1. The Labute approximate surface area is 61.1 Å². The van der Waals surface area contributed by atoms with Crippen molar-refractivity contribution < 1.29 is 47.8 Å². The third-order valence-electron chi connectivity index (χ3n) is 0.243. The fraction of sp³-hybridized carbons (Fsp3) is 0.500. The Morgan fingerprint density at radius 2 is 1.45 bits per heavy atom. The van der Waals surface area contributed by atoms with Gasteiger partial charge in [-0.15, -0.1) is 0 Å². The molecule has 0 aromatic carbocycles. The Bertz CT molecular complexity index is 119. The molecule has 0 aliphatic heterocycles. The van der Waals surface area contributed by atoms with Crippen molar-refractivity contribution in [3.05, 3.63) is 0 Å². The second-order valence-electron chi connectivity index (χ2n) is 1.00. The third kappa shape index (κ3) is 17.7. The molecule has 68 valence electrons. The van der Waals surface area contributed by atoms with Gasteiger partial charge in [0.2, 0.25) is 0 Å². The van der Waals surface area contributed by atoms with E-state index < -0.39 is 22.9 Å². The highest BCUT2D eigenvalue weighted by molar-refractivity contribution is 5.73. The second-order valence-corrected chi connectivity index (χ2v) is 1.41. The van der Waals surface area contributed by atoms with Crippen molar-refractivity contribution in [2.75, 3.05) is 0 Å². The molecule has 0 heterocycles. The Hall–Kier alpha value is -0.570. The molecule has 0 aliphatic carbocycles. The van der Waals surface area contributed by atoms with Gasteiger partial charge < -0.3 is 14.4 Å². The van der Waals surface area contributed by atoms with Gasteiger partial charge in [0.1, 0.15) is 0 Å². The van der Waals surface area contributed by atoms with Gasteiger partial charge in [-0.2, -0.15) is 13.2 Å². The first-order valence-electron chi connectivity index (χ1n) is 1.72. The first-order chi connectivity index (χ1) is 4.68.